The highest BCUT2D eigenvalue weighted by molar-refractivity contribution is 6.99. The first kappa shape index (κ1) is 55.3. The average molecular weight is 881 g/mol. The van der Waals surface area contributed by atoms with E-state index in [1.807, 2.05) is 0 Å². The number of benzene rings is 2. The molecule has 0 N–H and O–H groups in total. The molecule has 0 heterocycles. The third kappa shape index (κ3) is 28.6. The third-order valence-corrected chi connectivity index (χ3v) is 14.9. The van der Waals surface area contributed by atoms with Gasteiger partial charge in [-0.05, 0) is 21.8 Å². The average Bonchev–Trinajstić information content (AvgIpc) is 3.27. The first-order chi connectivity index (χ1) is 30.0. The standard InChI is InChI=1S/C48H84O12Si/c1-5-6-7-8-9-10-11-18-23-49-24-25-50-26-27-51-28-29-52-30-31-53-32-33-54-34-35-55-36-37-56-38-39-57-40-41-58-42-43-59-44-45-60-61(48(2,3)4,46-19-14-12-15-20-46)47-21-16-13-17-22-47/h12-17,19-22H,5-11,18,23-45H2,1-4H3. The van der Waals surface area contributed by atoms with Crippen molar-refractivity contribution < 1.29 is 56.5 Å². The summed E-state index contributed by atoms with van der Waals surface area (Å²) in [5, 5.41) is 2.48. The Balaban J connectivity index is 1.24. The van der Waals surface area contributed by atoms with Crippen LogP contribution in [0.25, 0.3) is 0 Å². The lowest BCUT2D eigenvalue weighted by Gasteiger charge is -2.43. The van der Waals surface area contributed by atoms with Gasteiger partial charge in [-0.1, -0.05) is 133 Å². The lowest BCUT2D eigenvalue weighted by molar-refractivity contribution is -0.0277. The molecule has 2 aromatic carbocycles. The molecular formula is C48H84O12Si. The van der Waals surface area contributed by atoms with Gasteiger partial charge in [0.15, 0.2) is 0 Å². The minimum atomic E-state index is -2.54. The van der Waals surface area contributed by atoms with Crippen LogP contribution < -0.4 is 10.4 Å². The maximum absolute atomic E-state index is 6.86. The molecule has 0 saturated carbocycles. The van der Waals surface area contributed by atoms with E-state index in [1.165, 1.54) is 55.3 Å². The SMILES string of the molecule is CCCCCCCCCCOCCOCCOCCOCCOCCOCCOCCOCCOCCOCCOCCO[Si](c1ccccc1)(c1ccccc1)C(C)(C)C. The van der Waals surface area contributed by atoms with Crippen LogP contribution in [0.5, 0.6) is 0 Å². The molecule has 0 bridgehead atoms. The van der Waals surface area contributed by atoms with Gasteiger partial charge in [0.1, 0.15) is 0 Å². The molecule has 0 atom stereocenters. The van der Waals surface area contributed by atoms with Crippen LogP contribution in [-0.4, -0.2) is 160 Å². The molecular weight excluding hydrogens is 797 g/mol. The summed E-state index contributed by atoms with van der Waals surface area (Å²) >= 11 is 0. The van der Waals surface area contributed by atoms with Crippen molar-refractivity contribution in [3.63, 3.8) is 0 Å². The van der Waals surface area contributed by atoms with Gasteiger partial charge in [0.25, 0.3) is 8.32 Å². The van der Waals surface area contributed by atoms with Crippen LogP contribution in [0, 0.1) is 0 Å². The molecule has 0 spiro atoms. The Morgan fingerprint density at radius 3 is 0.836 bits per heavy atom. The molecule has 12 nitrogen and oxygen atoms in total. The van der Waals surface area contributed by atoms with E-state index in [0.717, 1.165) is 13.0 Å². The summed E-state index contributed by atoms with van der Waals surface area (Å²) in [6.45, 7) is 21.6. The minimum absolute atomic E-state index is 0.0567. The predicted molar refractivity (Wildman–Crippen MR) is 245 cm³/mol. The zero-order valence-electron chi connectivity index (χ0n) is 38.6. The highest BCUT2D eigenvalue weighted by Gasteiger charge is 2.50. The fraction of sp³-hybridized carbons (Fsp3) is 0.750. The Bertz CT molecular complexity index is 1150. The first-order valence-corrected chi connectivity index (χ1v) is 25.0. The van der Waals surface area contributed by atoms with Gasteiger partial charge in [0.05, 0.1) is 145 Å². The molecule has 352 valence electrons. The molecule has 2 aromatic rings. The Labute approximate surface area is 370 Å². The first-order valence-electron chi connectivity index (χ1n) is 23.1. The number of ether oxygens (including phenoxy) is 11. The molecule has 0 amide bonds. The Morgan fingerprint density at radius 2 is 0.557 bits per heavy atom. The van der Waals surface area contributed by atoms with Crippen molar-refractivity contribution in [2.24, 2.45) is 0 Å². The van der Waals surface area contributed by atoms with Crippen LogP contribution in [0.15, 0.2) is 60.7 Å². The summed E-state index contributed by atoms with van der Waals surface area (Å²) in [5.41, 5.74) is 0. The zero-order chi connectivity index (χ0) is 43.6. The number of hydrogen-bond acceptors (Lipinski definition) is 12. The van der Waals surface area contributed by atoms with E-state index in [2.05, 4.69) is 88.4 Å². The van der Waals surface area contributed by atoms with Crippen molar-refractivity contribution in [2.45, 2.75) is 84.1 Å². The highest BCUT2D eigenvalue weighted by atomic mass is 28.4. The quantitative estimate of drug-likeness (QED) is 0.0511. The lowest BCUT2D eigenvalue weighted by atomic mass is 10.1. The van der Waals surface area contributed by atoms with E-state index in [4.69, 9.17) is 56.5 Å². The second-order valence-electron chi connectivity index (χ2n) is 15.7. The van der Waals surface area contributed by atoms with Crippen molar-refractivity contribution in [1.29, 1.82) is 0 Å². The van der Waals surface area contributed by atoms with Crippen molar-refractivity contribution in [1.82, 2.24) is 0 Å². The normalized spacial score (nSPS) is 12.1. The Hall–Kier alpha value is -1.82. The summed E-state index contributed by atoms with van der Waals surface area (Å²) in [6.07, 6.45) is 10.5. The third-order valence-electron chi connectivity index (χ3n) is 9.83. The van der Waals surface area contributed by atoms with E-state index < -0.39 is 8.32 Å². The van der Waals surface area contributed by atoms with Gasteiger partial charge < -0.3 is 56.5 Å². The van der Waals surface area contributed by atoms with E-state index >= 15 is 0 Å². The summed E-state index contributed by atoms with van der Waals surface area (Å²) in [7, 11) is -2.54. The summed E-state index contributed by atoms with van der Waals surface area (Å²) in [5.74, 6) is 0. The molecule has 0 aliphatic rings. The van der Waals surface area contributed by atoms with E-state index in [0.29, 0.717) is 145 Å². The number of unbranched alkanes of at least 4 members (excludes halogenated alkanes) is 7. The van der Waals surface area contributed by atoms with Crippen molar-refractivity contribution >= 4 is 18.7 Å². The molecule has 0 fully saturated rings. The molecule has 0 aliphatic carbocycles. The van der Waals surface area contributed by atoms with E-state index in [-0.39, 0.29) is 5.04 Å². The molecule has 13 heteroatoms. The van der Waals surface area contributed by atoms with E-state index in [9.17, 15) is 0 Å². The van der Waals surface area contributed by atoms with Crippen LogP contribution in [0.2, 0.25) is 5.04 Å². The van der Waals surface area contributed by atoms with Gasteiger partial charge in [-0.25, -0.2) is 0 Å². The fourth-order valence-electron chi connectivity index (χ4n) is 6.65. The van der Waals surface area contributed by atoms with Crippen LogP contribution in [0.3, 0.4) is 0 Å². The number of rotatable bonds is 45. The largest absolute Gasteiger partial charge is 0.405 e. The molecule has 2 rings (SSSR count). The van der Waals surface area contributed by atoms with Crippen molar-refractivity contribution in [3.05, 3.63) is 60.7 Å². The van der Waals surface area contributed by atoms with Gasteiger partial charge in [-0.15, -0.1) is 0 Å². The van der Waals surface area contributed by atoms with Crippen LogP contribution in [0.4, 0.5) is 0 Å². The second kappa shape index (κ2) is 39.7. The topological polar surface area (TPSA) is 111 Å². The van der Waals surface area contributed by atoms with Gasteiger partial charge >= 0.3 is 0 Å². The van der Waals surface area contributed by atoms with Crippen LogP contribution in [-0.2, 0) is 56.5 Å². The Kier molecular flexibility index (Phi) is 36.0. The lowest BCUT2D eigenvalue weighted by Crippen LogP contribution is -2.66. The van der Waals surface area contributed by atoms with Gasteiger partial charge in [0.2, 0.25) is 0 Å². The highest BCUT2D eigenvalue weighted by Crippen LogP contribution is 2.36. The van der Waals surface area contributed by atoms with Gasteiger partial charge in [-0.3, -0.25) is 0 Å². The maximum atomic E-state index is 6.86. The van der Waals surface area contributed by atoms with E-state index in [1.54, 1.807) is 0 Å². The maximum Gasteiger partial charge on any atom is 0.261 e. The molecule has 61 heavy (non-hydrogen) atoms. The molecule has 0 aliphatic heterocycles. The minimum Gasteiger partial charge on any atom is -0.405 e. The summed E-state index contributed by atoms with van der Waals surface area (Å²) in [6, 6.07) is 21.3. The van der Waals surface area contributed by atoms with Crippen LogP contribution in [0.1, 0.15) is 79.1 Å². The summed E-state index contributed by atoms with van der Waals surface area (Å²) < 4.78 is 68.5. The van der Waals surface area contributed by atoms with Crippen molar-refractivity contribution in [2.75, 3.05) is 152 Å². The monoisotopic (exact) mass is 881 g/mol. The van der Waals surface area contributed by atoms with Gasteiger partial charge in [-0.2, -0.15) is 0 Å². The predicted octanol–water partition coefficient (Wildman–Crippen LogP) is 6.89. The summed E-state index contributed by atoms with van der Waals surface area (Å²) in [4.78, 5) is 0. The second-order valence-corrected chi connectivity index (χ2v) is 20.0. The molecule has 0 saturated heterocycles. The Morgan fingerprint density at radius 1 is 0.311 bits per heavy atom. The van der Waals surface area contributed by atoms with Crippen LogP contribution >= 0.6 is 0 Å². The molecule has 0 radical (unpaired) electrons. The molecule has 0 unspecified atom stereocenters. The smallest absolute Gasteiger partial charge is 0.261 e. The van der Waals surface area contributed by atoms with Gasteiger partial charge in [0, 0.05) is 6.61 Å². The number of hydrogen-bond donors (Lipinski definition) is 0. The fourth-order valence-corrected chi connectivity index (χ4v) is 11.2. The molecule has 0 aromatic heterocycles. The zero-order valence-corrected chi connectivity index (χ0v) is 39.6. The van der Waals surface area contributed by atoms with Crippen molar-refractivity contribution in [3.8, 4) is 0 Å².